The molecule has 1 aromatic heterocycles. The summed E-state index contributed by atoms with van der Waals surface area (Å²) in [4.78, 5) is 19.6. The summed E-state index contributed by atoms with van der Waals surface area (Å²) < 4.78 is 61.8. The predicted molar refractivity (Wildman–Crippen MR) is 133 cm³/mol. The van der Waals surface area contributed by atoms with E-state index in [1.54, 1.807) is 25.1 Å². The number of benzene rings is 2. The highest BCUT2D eigenvalue weighted by Crippen LogP contribution is 2.50. The van der Waals surface area contributed by atoms with Crippen molar-refractivity contribution in [2.75, 3.05) is 16.8 Å². The van der Waals surface area contributed by atoms with Gasteiger partial charge in [0.25, 0.3) is 5.91 Å². The van der Waals surface area contributed by atoms with Gasteiger partial charge in [-0.05, 0) is 49.7 Å². The van der Waals surface area contributed by atoms with Gasteiger partial charge in [0.1, 0.15) is 34.7 Å². The molecule has 0 aliphatic carbocycles. The maximum atomic E-state index is 15.6. The number of allylic oxidation sites excluding steroid dienone is 1. The molecule has 0 fully saturated rings. The van der Waals surface area contributed by atoms with Gasteiger partial charge < -0.3 is 15.2 Å². The number of aryl methyl sites for hydroxylation is 1. The second-order valence-electron chi connectivity index (χ2n) is 10.2. The smallest absolute Gasteiger partial charge is 0.416 e. The maximum absolute atomic E-state index is 15.6. The Hall–Kier alpha value is -4.08. The topological polar surface area (TPSA) is 74.7 Å². The van der Waals surface area contributed by atoms with Crippen LogP contribution in [0.2, 0.25) is 0 Å². The molecular weight excluding hydrogens is 502 g/mol. The van der Waals surface area contributed by atoms with E-state index in [-0.39, 0.29) is 46.2 Å². The number of phenols is 1. The van der Waals surface area contributed by atoms with E-state index in [9.17, 15) is 23.1 Å². The molecule has 0 saturated heterocycles. The average Bonchev–Trinajstić information content (AvgIpc) is 2.97. The van der Waals surface area contributed by atoms with Crippen LogP contribution in [0, 0.1) is 18.2 Å². The first kappa shape index (κ1) is 25.6. The highest BCUT2D eigenvalue weighted by molar-refractivity contribution is 6.08. The standard InChI is InChI=1S/C28H25F4N3O3/c1-15-6-4-7-19(33-15)26(37)35-21-8-5-9-22(36)23(21)34-20-13-27(2,3)14-38-25(20)24(35)17-11-10-16(12-18(17)29)28(30,31)32/h4-12,24,34,36H,13-14H2,1-3H3. The molecule has 3 heterocycles. The number of alkyl halides is 3. The third-order valence-corrected chi connectivity index (χ3v) is 6.58. The summed E-state index contributed by atoms with van der Waals surface area (Å²) in [5, 5.41) is 14.0. The number of anilines is 2. The Morgan fingerprint density at radius 1 is 1.16 bits per heavy atom. The largest absolute Gasteiger partial charge is 0.506 e. The first-order valence-electron chi connectivity index (χ1n) is 11.9. The molecule has 0 spiro atoms. The van der Waals surface area contributed by atoms with Gasteiger partial charge in [0.15, 0.2) is 0 Å². The highest BCUT2D eigenvalue weighted by Gasteiger charge is 2.43. The van der Waals surface area contributed by atoms with Crippen LogP contribution in [0.5, 0.6) is 5.75 Å². The number of fused-ring (bicyclic) bond motifs is 1. The van der Waals surface area contributed by atoms with Crippen molar-refractivity contribution in [1.82, 2.24) is 4.98 Å². The number of rotatable bonds is 2. The monoisotopic (exact) mass is 527 g/mol. The van der Waals surface area contributed by atoms with E-state index in [2.05, 4.69) is 10.3 Å². The molecule has 2 aliphatic heterocycles. The number of nitrogens with zero attached hydrogens (tertiary/aromatic N) is 2. The molecule has 0 saturated carbocycles. The normalized spacial score (nSPS) is 18.6. The Morgan fingerprint density at radius 2 is 1.89 bits per heavy atom. The third kappa shape index (κ3) is 4.55. The number of phenolic OH excluding ortho intramolecular Hbond substituents is 1. The molecular formula is C28H25F4N3O3. The van der Waals surface area contributed by atoms with Crippen molar-refractivity contribution in [3.8, 4) is 5.75 Å². The van der Waals surface area contributed by atoms with Gasteiger partial charge in [-0.2, -0.15) is 13.2 Å². The molecule has 2 N–H and O–H groups in total. The average molecular weight is 528 g/mol. The Labute approximate surface area is 216 Å². The number of nitrogens with one attached hydrogen (secondary N) is 1. The Bertz CT molecular complexity index is 1470. The van der Waals surface area contributed by atoms with Crippen LogP contribution in [-0.2, 0) is 10.9 Å². The molecule has 1 atom stereocenters. The van der Waals surface area contributed by atoms with E-state index in [0.29, 0.717) is 23.9 Å². The molecule has 38 heavy (non-hydrogen) atoms. The number of carbonyl (C=O) groups excluding carboxylic acids is 1. The van der Waals surface area contributed by atoms with Crippen LogP contribution < -0.4 is 10.2 Å². The van der Waals surface area contributed by atoms with Gasteiger partial charge in [0.05, 0.1) is 23.6 Å². The number of aromatic hydroxyl groups is 1. The lowest BCUT2D eigenvalue weighted by molar-refractivity contribution is -0.137. The summed E-state index contributed by atoms with van der Waals surface area (Å²) in [6.45, 7) is 5.85. The van der Waals surface area contributed by atoms with Crippen LogP contribution in [0.25, 0.3) is 0 Å². The third-order valence-electron chi connectivity index (χ3n) is 6.58. The number of pyridine rings is 1. The fourth-order valence-corrected chi connectivity index (χ4v) is 4.81. The van der Waals surface area contributed by atoms with Gasteiger partial charge >= 0.3 is 6.18 Å². The molecule has 10 heteroatoms. The molecule has 2 aliphatic rings. The van der Waals surface area contributed by atoms with Gasteiger partial charge in [-0.15, -0.1) is 0 Å². The van der Waals surface area contributed by atoms with Gasteiger partial charge in [0, 0.05) is 16.7 Å². The minimum atomic E-state index is -4.75. The van der Waals surface area contributed by atoms with Gasteiger partial charge in [-0.25, -0.2) is 9.37 Å². The number of halogens is 4. The minimum Gasteiger partial charge on any atom is -0.506 e. The summed E-state index contributed by atoms with van der Waals surface area (Å²) in [5.41, 5.74) is -0.219. The van der Waals surface area contributed by atoms with E-state index < -0.39 is 29.5 Å². The molecule has 0 radical (unpaired) electrons. The summed E-state index contributed by atoms with van der Waals surface area (Å²) in [6.07, 6.45) is -4.33. The molecule has 5 rings (SSSR count). The van der Waals surface area contributed by atoms with Crippen molar-refractivity contribution < 1.29 is 32.2 Å². The SMILES string of the molecule is Cc1cccc(C(=O)N2c3cccc(O)c3NC3=C(OCC(C)(C)C3)C2c2ccc(C(F)(F)F)cc2F)n1. The van der Waals surface area contributed by atoms with Crippen LogP contribution in [0.4, 0.5) is 28.9 Å². The molecule has 6 nitrogen and oxygen atoms in total. The zero-order valence-corrected chi connectivity index (χ0v) is 20.9. The van der Waals surface area contributed by atoms with Crippen molar-refractivity contribution in [3.05, 3.63) is 94.4 Å². The van der Waals surface area contributed by atoms with Crippen LogP contribution >= 0.6 is 0 Å². The van der Waals surface area contributed by atoms with Crippen LogP contribution in [0.3, 0.4) is 0 Å². The van der Waals surface area contributed by atoms with Crippen molar-refractivity contribution in [1.29, 1.82) is 0 Å². The highest BCUT2D eigenvalue weighted by atomic mass is 19.4. The van der Waals surface area contributed by atoms with E-state index in [4.69, 9.17) is 4.74 Å². The molecule has 3 aromatic rings. The Kier molecular flexibility index (Phi) is 6.08. The number of hydrogen-bond donors (Lipinski definition) is 2. The summed E-state index contributed by atoms with van der Waals surface area (Å²) in [6, 6.07) is 10.3. The second-order valence-corrected chi connectivity index (χ2v) is 10.2. The first-order valence-corrected chi connectivity index (χ1v) is 11.9. The fourth-order valence-electron chi connectivity index (χ4n) is 4.81. The summed E-state index contributed by atoms with van der Waals surface area (Å²) >= 11 is 0. The van der Waals surface area contributed by atoms with E-state index >= 15 is 4.39 Å². The van der Waals surface area contributed by atoms with Crippen molar-refractivity contribution >= 4 is 17.3 Å². The summed E-state index contributed by atoms with van der Waals surface area (Å²) in [7, 11) is 0. The molecule has 2 aromatic carbocycles. The molecule has 1 amide bonds. The quantitative estimate of drug-likeness (QED) is 0.286. The van der Waals surface area contributed by atoms with Crippen molar-refractivity contribution in [2.24, 2.45) is 5.41 Å². The van der Waals surface area contributed by atoms with Gasteiger partial charge in [0.2, 0.25) is 0 Å². The predicted octanol–water partition coefficient (Wildman–Crippen LogP) is 6.73. The van der Waals surface area contributed by atoms with Gasteiger partial charge in [-0.1, -0.05) is 32.0 Å². The molecule has 1 unspecified atom stereocenters. The zero-order valence-electron chi connectivity index (χ0n) is 20.9. The fraction of sp³-hybridized carbons (Fsp3) is 0.286. The number of ether oxygens (including phenoxy) is 1. The van der Waals surface area contributed by atoms with Crippen LogP contribution in [-0.4, -0.2) is 22.6 Å². The van der Waals surface area contributed by atoms with E-state index in [1.807, 2.05) is 13.8 Å². The van der Waals surface area contributed by atoms with Crippen LogP contribution in [0.15, 0.2) is 66.1 Å². The number of amides is 1. The molecule has 0 bridgehead atoms. The number of hydrogen-bond acceptors (Lipinski definition) is 5. The van der Waals surface area contributed by atoms with Gasteiger partial charge in [-0.3, -0.25) is 9.69 Å². The number of aromatic nitrogens is 1. The van der Waals surface area contributed by atoms with E-state index in [1.165, 1.54) is 23.1 Å². The molecule has 198 valence electrons. The van der Waals surface area contributed by atoms with Crippen molar-refractivity contribution in [2.45, 2.75) is 39.4 Å². The minimum absolute atomic E-state index is 0.0387. The lowest BCUT2D eigenvalue weighted by Gasteiger charge is -2.38. The lowest BCUT2D eigenvalue weighted by Crippen LogP contribution is -2.39. The second kappa shape index (κ2) is 9.04. The summed E-state index contributed by atoms with van der Waals surface area (Å²) in [5.74, 6) is -1.78. The van der Waals surface area contributed by atoms with Crippen LogP contribution in [0.1, 0.15) is 53.6 Å². The Balaban J connectivity index is 1.80. The number of carbonyl (C=O) groups is 1. The number of para-hydroxylation sites is 1. The first-order chi connectivity index (χ1) is 17.9. The van der Waals surface area contributed by atoms with Crippen molar-refractivity contribution in [3.63, 3.8) is 0 Å². The lowest BCUT2D eigenvalue weighted by atomic mass is 9.85. The zero-order chi connectivity index (χ0) is 27.4. The maximum Gasteiger partial charge on any atom is 0.416 e. The Morgan fingerprint density at radius 3 is 2.58 bits per heavy atom. The van der Waals surface area contributed by atoms with E-state index in [0.717, 1.165) is 12.1 Å².